The summed E-state index contributed by atoms with van der Waals surface area (Å²) in [6, 6.07) is 20.2. The van der Waals surface area contributed by atoms with E-state index in [0.29, 0.717) is 17.1 Å². The van der Waals surface area contributed by atoms with Crippen LogP contribution >= 0.6 is 11.3 Å². The van der Waals surface area contributed by atoms with Crippen molar-refractivity contribution in [3.63, 3.8) is 0 Å². The molecule has 28 heavy (non-hydrogen) atoms. The summed E-state index contributed by atoms with van der Waals surface area (Å²) in [6.07, 6.45) is 3.97. The van der Waals surface area contributed by atoms with Gasteiger partial charge in [0.05, 0.1) is 11.9 Å². The molecule has 0 radical (unpaired) electrons. The Kier molecular flexibility index (Phi) is 5.17. The number of thiazole rings is 1. The molecule has 138 valence electrons. The van der Waals surface area contributed by atoms with E-state index in [1.54, 1.807) is 12.3 Å². The number of allylic oxidation sites excluding steroid dienone is 1. The normalized spacial score (nSPS) is 11.1. The van der Waals surface area contributed by atoms with E-state index in [1.807, 2.05) is 35.7 Å². The number of aromatic hydroxyl groups is 1. The summed E-state index contributed by atoms with van der Waals surface area (Å²) in [5.74, 6) is 0.226. The van der Waals surface area contributed by atoms with Gasteiger partial charge < -0.3 is 5.11 Å². The zero-order valence-corrected chi connectivity index (χ0v) is 16.0. The Hall–Kier alpha value is -3.44. The topological polar surface area (TPSA) is 57.5 Å². The number of benzene rings is 3. The van der Waals surface area contributed by atoms with Crippen LogP contribution in [-0.2, 0) is 6.42 Å². The fourth-order valence-corrected chi connectivity index (χ4v) is 3.67. The first kappa shape index (κ1) is 17.9. The lowest BCUT2D eigenvalue weighted by Crippen LogP contribution is -1.93. The lowest BCUT2D eigenvalue weighted by atomic mass is 10.1. The average Bonchev–Trinajstić information content (AvgIpc) is 3.19. The Bertz CT molecular complexity index is 1160. The van der Waals surface area contributed by atoms with Gasteiger partial charge in [-0.05, 0) is 34.9 Å². The predicted octanol–water partition coefficient (Wildman–Crippen LogP) is 5.84. The highest BCUT2D eigenvalue weighted by Gasteiger charge is 2.06. The summed E-state index contributed by atoms with van der Waals surface area (Å²) in [5, 5.41) is 19.6. The molecule has 3 aromatic carbocycles. The van der Waals surface area contributed by atoms with E-state index >= 15 is 0 Å². The first-order chi connectivity index (χ1) is 13.7. The van der Waals surface area contributed by atoms with Gasteiger partial charge >= 0.3 is 0 Å². The molecule has 0 bridgehead atoms. The van der Waals surface area contributed by atoms with Crippen LogP contribution < -0.4 is 5.43 Å². The molecular formula is C23H19N3OS. The number of hydrogen-bond donors (Lipinski definition) is 2. The van der Waals surface area contributed by atoms with Crippen molar-refractivity contribution in [3.05, 3.63) is 89.8 Å². The Morgan fingerprint density at radius 2 is 1.93 bits per heavy atom. The van der Waals surface area contributed by atoms with E-state index in [0.717, 1.165) is 16.8 Å². The standard InChI is InChI=1S/C23H19N3OS/c1-2-6-17-9-5-10-20(22(17)27)14-24-26-23-25-21(15-28-23)19-12-11-16-7-3-4-8-18(16)13-19/h2-5,7-15,27H,1,6H2,(H,25,26)/b24-14-. The second kappa shape index (κ2) is 8.06. The van der Waals surface area contributed by atoms with Gasteiger partial charge in [-0.1, -0.05) is 54.6 Å². The van der Waals surface area contributed by atoms with E-state index in [9.17, 15) is 5.11 Å². The summed E-state index contributed by atoms with van der Waals surface area (Å²) in [6.45, 7) is 3.71. The third-order valence-corrected chi connectivity index (χ3v) is 5.18. The van der Waals surface area contributed by atoms with E-state index < -0.39 is 0 Å². The molecule has 0 aliphatic carbocycles. The van der Waals surface area contributed by atoms with Crippen LogP contribution in [-0.4, -0.2) is 16.3 Å². The zero-order chi connectivity index (χ0) is 19.3. The van der Waals surface area contributed by atoms with Crippen molar-refractivity contribution in [3.8, 4) is 17.0 Å². The zero-order valence-electron chi connectivity index (χ0n) is 15.2. The lowest BCUT2D eigenvalue weighted by Gasteiger charge is -2.04. The first-order valence-electron chi connectivity index (χ1n) is 8.90. The number of fused-ring (bicyclic) bond motifs is 1. The van der Waals surface area contributed by atoms with Gasteiger partial charge in [0.15, 0.2) is 0 Å². The molecular weight excluding hydrogens is 366 g/mol. The number of aromatic nitrogens is 1. The number of nitrogens with zero attached hydrogens (tertiary/aromatic N) is 2. The average molecular weight is 385 g/mol. The molecule has 0 amide bonds. The van der Waals surface area contributed by atoms with Crippen LogP contribution in [0.4, 0.5) is 5.13 Å². The number of phenolic OH excluding ortho intramolecular Hbond substituents is 1. The molecule has 4 nitrogen and oxygen atoms in total. The molecule has 0 aliphatic heterocycles. The Balaban J connectivity index is 1.50. The summed E-state index contributed by atoms with van der Waals surface area (Å²) in [7, 11) is 0. The number of hydrazone groups is 1. The van der Waals surface area contributed by atoms with E-state index in [-0.39, 0.29) is 5.75 Å². The van der Waals surface area contributed by atoms with Crippen molar-refractivity contribution in [1.29, 1.82) is 0 Å². The van der Waals surface area contributed by atoms with Crippen LogP contribution in [0.15, 0.2) is 83.8 Å². The van der Waals surface area contributed by atoms with Crippen molar-refractivity contribution >= 4 is 33.5 Å². The Morgan fingerprint density at radius 3 is 2.79 bits per heavy atom. The Labute approximate surface area is 167 Å². The fraction of sp³-hybridized carbons (Fsp3) is 0.0435. The minimum absolute atomic E-state index is 0.226. The van der Waals surface area contributed by atoms with Crippen molar-refractivity contribution in [1.82, 2.24) is 4.98 Å². The lowest BCUT2D eigenvalue weighted by molar-refractivity contribution is 0.469. The smallest absolute Gasteiger partial charge is 0.203 e. The van der Waals surface area contributed by atoms with Crippen molar-refractivity contribution in [2.75, 3.05) is 5.43 Å². The third kappa shape index (κ3) is 3.80. The maximum atomic E-state index is 10.3. The third-order valence-electron chi connectivity index (χ3n) is 4.43. The van der Waals surface area contributed by atoms with E-state index in [4.69, 9.17) is 0 Å². The largest absolute Gasteiger partial charge is 0.507 e. The van der Waals surface area contributed by atoms with Crippen molar-refractivity contribution in [2.45, 2.75) is 6.42 Å². The van der Waals surface area contributed by atoms with Gasteiger partial charge in [-0.2, -0.15) is 5.10 Å². The summed E-state index contributed by atoms with van der Waals surface area (Å²) >= 11 is 1.49. The van der Waals surface area contributed by atoms with Gasteiger partial charge in [-0.15, -0.1) is 17.9 Å². The van der Waals surface area contributed by atoms with Gasteiger partial charge in [0.1, 0.15) is 5.75 Å². The number of para-hydroxylation sites is 1. The number of nitrogens with one attached hydrogen (secondary N) is 1. The van der Waals surface area contributed by atoms with Crippen LogP contribution in [0, 0.1) is 0 Å². The summed E-state index contributed by atoms with van der Waals surface area (Å²) in [5.41, 5.74) is 6.40. The predicted molar refractivity (Wildman–Crippen MR) is 118 cm³/mol. The maximum absolute atomic E-state index is 10.3. The molecule has 1 aromatic heterocycles. The molecule has 5 heteroatoms. The minimum Gasteiger partial charge on any atom is -0.507 e. The molecule has 1 heterocycles. The van der Waals surface area contributed by atoms with Crippen LogP contribution in [0.25, 0.3) is 22.0 Å². The highest BCUT2D eigenvalue weighted by atomic mass is 32.1. The molecule has 0 unspecified atom stereocenters. The number of rotatable bonds is 6. The molecule has 0 saturated carbocycles. The van der Waals surface area contributed by atoms with Gasteiger partial charge in [0.2, 0.25) is 5.13 Å². The quantitative estimate of drug-likeness (QED) is 0.249. The van der Waals surface area contributed by atoms with Crippen LogP contribution in [0.2, 0.25) is 0 Å². The fourth-order valence-electron chi connectivity index (χ4n) is 3.00. The summed E-state index contributed by atoms with van der Waals surface area (Å²) in [4.78, 5) is 4.61. The number of phenols is 1. The van der Waals surface area contributed by atoms with Gasteiger partial charge in [0.25, 0.3) is 0 Å². The van der Waals surface area contributed by atoms with E-state index in [2.05, 4.69) is 52.4 Å². The molecule has 2 N–H and O–H groups in total. The SMILES string of the molecule is C=CCc1cccc(/C=N\Nc2nc(-c3ccc4ccccc4c3)cs2)c1O. The molecule has 0 spiro atoms. The van der Waals surface area contributed by atoms with Crippen molar-refractivity contribution < 1.29 is 5.11 Å². The highest BCUT2D eigenvalue weighted by molar-refractivity contribution is 7.14. The van der Waals surface area contributed by atoms with Crippen LogP contribution in [0.5, 0.6) is 5.75 Å². The second-order valence-corrected chi connectivity index (χ2v) is 7.18. The van der Waals surface area contributed by atoms with E-state index in [1.165, 1.54) is 22.1 Å². The maximum Gasteiger partial charge on any atom is 0.203 e. The van der Waals surface area contributed by atoms with Crippen LogP contribution in [0.3, 0.4) is 0 Å². The molecule has 4 rings (SSSR count). The molecule has 0 saturated heterocycles. The monoisotopic (exact) mass is 385 g/mol. The molecule has 4 aromatic rings. The van der Waals surface area contributed by atoms with Crippen LogP contribution in [0.1, 0.15) is 11.1 Å². The van der Waals surface area contributed by atoms with Crippen molar-refractivity contribution in [2.24, 2.45) is 5.10 Å². The second-order valence-electron chi connectivity index (χ2n) is 6.32. The first-order valence-corrected chi connectivity index (χ1v) is 9.78. The molecule has 0 fully saturated rings. The van der Waals surface area contributed by atoms with Gasteiger partial charge in [-0.25, -0.2) is 4.98 Å². The number of hydrogen-bond acceptors (Lipinski definition) is 5. The Morgan fingerprint density at radius 1 is 1.07 bits per heavy atom. The highest BCUT2D eigenvalue weighted by Crippen LogP contribution is 2.28. The molecule has 0 aliphatic rings. The summed E-state index contributed by atoms with van der Waals surface area (Å²) < 4.78 is 0. The number of anilines is 1. The van der Waals surface area contributed by atoms with Gasteiger partial charge in [0, 0.05) is 16.5 Å². The minimum atomic E-state index is 0.226. The molecule has 0 atom stereocenters. The van der Waals surface area contributed by atoms with Gasteiger partial charge in [-0.3, -0.25) is 5.43 Å².